The van der Waals surface area contributed by atoms with Crippen molar-refractivity contribution < 1.29 is 19.1 Å². The molecule has 36 heavy (non-hydrogen) atoms. The quantitative estimate of drug-likeness (QED) is 0.338. The SMILES string of the molecule is COC(=O)C1=C(C)N(Cc2ccc(OC)cc2)C(=O)/C1=C\c1cc(C)n(-c2ccc(C)c(C)c2)c1C. The number of methoxy groups -OCH3 is 2. The summed E-state index contributed by atoms with van der Waals surface area (Å²) in [6.45, 7) is 10.4. The molecule has 3 aromatic rings. The number of hydrogen-bond donors (Lipinski definition) is 0. The van der Waals surface area contributed by atoms with Gasteiger partial charge in [0.15, 0.2) is 0 Å². The number of ether oxygens (including phenoxy) is 2. The lowest BCUT2D eigenvalue weighted by molar-refractivity contribution is -0.136. The van der Waals surface area contributed by atoms with E-state index < -0.39 is 5.97 Å². The van der Waals surface area contributed by atoms with Crippen LogP contribution in [0.3, 0.4) is 0 Å². The van der Waals surface area contributed by atoms with Gasteiger partial charge in [-0.2, -0.15) is 0 Å². The number of nitrogens with zero attached hydrogens (tertiary/aromatic N) is 2. The van der Waals surface area contributed by atoms with Crippen LogP contribution in [0.15, 0.2) is 65.4 Å². The van der Waals surface area contributed by atoms with Gasteiger partial charge in [0.25, 0.3) is 5.91 Å². The monoisotopic (exact) mass is 484 g/mol. The van der Waals surface area contributed by atoms with E-state index in [0.717, 1.165) is 34.0 Å². The fourth-order valence-corrected chi connectivity index (χ4v) is 4.68. The van der Waals surface area contributed by atoms with Crippen LogP contribution in [0.5, 0.6) is 5.75 Å². The van der Waals surface area contributed by atoms with E-state index in [-0.39, 0.29) is 5.91 Å². The minimum Gasteiger partial charge on any atom is -0.497 e. The Bertz CT molecular complexity index is 1410. The average Bonchev–Trinajstić information content (AvgIpc) is 3.27. The zero-order valence-electron chi connectivity index (χ0n) is 21.9. The van der Waals surface area contributed by atoms with E-state index >= 15 is 0 Å². The highest BCUT2D eigenvalue weighted by Crippen LogP contribution is 2.34. The van der Waals surface area contributed by atoms with Crippen LogP contribution < -0.4 is 4.74 Å². The highest BCUT2D eigenvalue weighted by atomic mass is 16.5. The second kappa shape index (κ2) is 9.90. The van der Waals surface area contributed by atoms with Gasteiger partial charge in [-0.25, -0.2) is 4.79 Å². The minimum atomic E-state index is -0.521. The van der Waals surface area contributed by atoms with Gasteiger partial charge in [-0.15, -0.1) is 0 Å². The highest BCUT2D eigenvalue weighted by molar-refractivity contribution is 6.16. The maximum Gasteiger partial charge on any atom is 0.340 e. The van der Waals surface area contributed by atoms with Crippen LogP contribution in [0.4, 0.5) is 0 Å². The van der Waals surface area contributed by atoms with Gasteiger partial charge in [0, 0.05) is 22.8 Å². The Morgan fingerprint density at radius 1 is 0.917 bits per heavy atom. The molecule has 0 saturated heterocycles. The van der Waals surface area contributed by atoms with Gasteiger partial charge in [-0.1, -0.05) is 18.2 Å². The van der Waals surface area contributed by atoms with Gasteiger partial charge in [0.2, 0.25) is 0 Å². The molecule has 186 valence electrons. The molecule has 0 spiro atoms. The van der Waals surface area contributed by atoms with Crippen molar-refractivity contribution in [1.29, 1.82) is 0 Å². The summed E-state index contributed by atoms with van der Waals surface area (Å²) in [5.41, 5.74) is 8.59. The van der Waals surface area contributed by atoms with Crippen molar-refractivity contribution in [3.8, 4) is 11.4 Å². The first-order valence-electron chi connectivity index (χ1n) is 11.9. The van der Waals surface area contributed by atoms with Crippen molar-refractivity contribution in [3.05, 3.63) is 99.0 Å². The summed E-state index contributed by atoms with van der Waals surface area (Å²) in [5, 5.41) is 0. The molecule has 0 bridgehead atoms. The van der Waals surface area contributed by atoms with Crippen LogP contribution >= 0.6 is 0 Å². The predicted molar refractivity (Wildman–Crippen MR) is 141 cm³/mol. The summed E-state index contributed by atoms with van der Waals surface area (Å²) in [7, 11) is 2.95. The third kappa shape index (κ3) is 4.47. The lowest BCUT2D eigenvalue weighted by Gasteiger charge is -2.18. The standard InChI is InChI=1S/C30H32N2O4/c1-18-8-11-25(14-19(18)2)32-20(3)15-24(21(32)4)16-27-28(30(34)36-7)22(5)31(29(27)33)17-23-9-12-26(35-6)13-10-23/h8-16H,17H2,1-7H3/b27-16-. The van der Waals surface area contributed by atoms with Crippen LogP contribution in [0, 0.1) is 27.7 Å². The number of carbonyl (C=O) groups excluding carboxylic acids is 2. The summed E-state index contributed by atoms with van der Waals surface area (Å²) < 4.78 is 12.5. The van der Waals surface area contributed by atoms with Gasteiger partial charge >= 0.3 is 5.97 Å². The molecule has 0 aliphatic carbocycles. The number of rotatable bonds is 6. The predicted octanol–water partition coefficient (Wildman–Crippen LogP) is 5.59. The number of esters is 1. The Morgan fingerprint density at radius 2 is 1.61 bits per heavy atom. The third-order valence-corrected chi connectivity index (χ3v) is 6.92. The molecule has 0 atom stereocenters. The molecule has 0 fully saturated rings. The number of hydrogen-bond acceptors (Lipinski definition) is 4. The van der Waals surface area contributed by atoms with Crippen molar-refractivity contribution in [2.24, 2.45) is 0 Å². The lowest BCUT2D eigenvalue weighted by Crippen LogP contribution is -2.24. The lowest BCUT2D eigenvalue weighted by atomic mass is 10.0. The summed E-state index contributed by atoms with van der Waals surface area (Å²) in [4.78, 5) is 28.0. The zero-order chi connectivity index (χ0) is 26.1. The number of amides is 1. The largest absolute Gasteiger partial charge is 0.497 e. The molecule has 0 saturated carbocycles. The Morgan fingerprint density at radius 3 is 2.22 bits per heavy atom. The Labute approximate surface area is 212 Å². The Balaban J connectivity index is 1.76. The molecule has 6 heteroatoms. The molecule has 1 amide bonds. The van der Waals surface area contributed by atoms with Crippen LogP contribution in [-0.4, -0.2) is 35.6 Å². The summed E-state index contributed by atoms with van der Waals surface area (Å²) in [6, 6.07) is 15.9. The van der Waals surface area contributed by atoms with Gasteiger partial charge in [0.1, 0.15) is 5.75 Å². The minimum absolute atomic E-state index is 0.222. The Kier molecular flexibility index (Phi) is 6.88. The second-order valence-corrected chi connectivity index (χ2v) is 9.18. The molecule has 4 rings (SSSR count). The summed E-state index contributed by atoms with van der Waals surface area (Å²) in [6.07, 6.45) is 1.81. The van der Waals surface area contributed by atoms with Gasteiger partial charge in [-0.05, 0) is 93.3 Å². The molecule has 0 radical (unpaired) electrons. The van der Waals surface area contributed by atoms with Crippen molar-refractivity contribution in [3.63, 3.8) is 0 Å². The molecular formula is C30H32N2O4. The van der Waals surface area contributed by atoms with E-state index in [9.17, 15) is 9.59 Å². The van der Waals surface area contributed by atoms with Crippen LogP contribution in [0.2, 0.25) is 0 Å². The number of carbonyl (C=O) groups is 2. The normalized spacial score (nSPS) is 14.7. The summed E-state index contributed by atoms with van der Waals surface area (Å²) >= 11 is 0. The number of benzene rings is 2. The number of allylic oxidation sites excluding steroid dienone is 1. The first-order valence-corrected chi connectivity index (χ1v) is 11.9. The van der Waals surface area contributed by atoms with Crippen LogP contribution in [-0.2, 0) is 20.9 Å². The fraction of sp³-hybridized carbons (Fsp3) is 0.267. The van der Waals surface area contributed by atoms with E-state index in [1.807, 2.05) is 50.3 Å². The van der Waals surface area contributed by atoms with Gasteiger partial charge < -0.3 is 18.9 Å². The van der Waals surface area contributed by atoms with Crippen LogP contribution in [0.25, 0.3) is 11.8 Å². The first-order chi connectivity index (χ1) is 17.2. The molecule has 0 unspecified atom stereocenters. The van der Waals surface area contributed by atoms with Gasteiger partial charge in [0.05, 0.1) is 31.9 Å². The van der Waals surface area contributed by atoms with E-state index in [0.29, 0.717) is 23.4 Å². The summed E-state index contributed by atoms with van der Waals surface area (Å²) in [5.74, 6) is 0.000670. The van der Waals surface area contributed by atoms with Crippen LogP contribution in [0.1, 0.15) is 40.6 Å². The van der Waals surface area contributed by atoms with Crippen molar-refractivity contribution >= 4 is 18.0 Å². The van der Waals surface area contributed by atoms with Gasteiger partial charge in [-0.3, -0.25) is 4.79 Å². The second-order valence-electron chi connectivity index (χ2n) is 9.18. The molecule has 1 aliphatic rings. The maximum absolute atomic E-state index is 13.6. The van der Waals surface area contributed by atoms with E-state index in [2.05, 4.69) is 36.6 Å². The molecule has 2 heterocycles. The number of aromatic nitrogens is 1. The van der Waals surface area contributed by atoms with E-state index in [4.69, 9.17) is 9.47 Å². The molecule has 2 aromatic carbocycles. The van der Waals surface area contributed by atoms with Crippen molar-refractivity contribution in [2.45, 2.75) is 41.2 Å². The molecule has 0 N–H and O–H groups in total. The zero-order valence-corrected chi connectivity index (χ0v) is 21.9. The topological polar surface area (TPSA) is 60.8 Å². The average molecular weight is 485 g/mol. The van der Waals surface area contributed by atoms with E-state index in [1.54, 1.807) is 18.9 Å². The fourth-order valence-electron chi connectivity index (χ4n) is 4.68. The van der Waals surface area contributed by atoms with Crippen molar-refractivity contribution in [2.75, 3.05) is 14.2 Å². The Hall–Kier alpha value is -4.06. The number of aryl methyl sites for hydroxylation is 3. The third-order valence-electron chi connectivity index (χ3n) is 6.92. The molecule has 1 aromatic heterocycles. The molecule has 6 nitrogen and oxygen atoms in total. The van der Waals surface area contributed by atoms with Crippen molar-refractivity contribution in [1.82, 2.24) is 9.47 Å². The van der Waals surface area contributed by atoms with E-state index in [1.165, 1.54) is 18.2 Å². The highest BCUT2D eigenvalue weighted by Gasteiger charge is 2.37. The maximum atomic E-state index is 13.6. The molecule has 1 aliphatic heterocycles. The molecular weight excluding hydrogens is 452 g/mol. The first kappa shape index (κ1) is 25.0. The smallest absolute Gasteiger partial charge is 0.340 e.